The zero-order valence-electron chi connectivity index (χ0n) is 5.21. The number of hydrogen-bond acceptors (Lipinski definition) is 5. The maximum absolute atomic E-state index is 8.93. The van der Waals surface area contributed by atoms with Crippen LogP contribution >= 0.6 is 0 Å². The van der Waals surface area contributed by atoms with E-state index in [1.807, 2.05) is 0 Å². The Hall–Kier alpha value is -0.200. The molecule has 5 nitrogen and oxygen atoms in total. The van der Waals surface area contributed by atoms with Gasteiger partial charge in [0.05, 0.1) is 6.61 Å². The Labute approximate surface area is 57.5 Å². The van der Waals surface area contributed by atoms with Gasteiger partial charge in [-0.2, -0.15) is 0 Å². The van der Waals surface area contributed by atoms with Crippen LogP contribution in [-0.4, -0.2) is 51.6 Å². The fourth-order valence-electron chi connectivity index (χ4n) is 0.880. The zero-order chi connectivity index (χ0) is 7.72. The SMILES string of the molecule is OC[C@H]1O[C@H](O)C(O)C1O. The fourth-order valence-corrected chi connectivity index (χ4v) is 0.880. The van der Waals surface area contributed by atoms with Gasteiger partial charge in [0.1, 0.15) is 18.3 Å². The van der Waals surface area contributed by atoms with Crippen LogP contribution in [0.4, 0.5) is 0 Å². The van der Waals surface area contributed by atoms with Crippen molar-refractivity contribution in [2.75, 3.05) is 6.61 Å². The van der Waals surface area contributed by atoms with Gasteiger partial charge in [0, 0.05) is 0 Å². The summed E-state index contributed by atoms with van der Waals surface area (Å²) in [6.45, 7) is -0.407. The van der Waals surface area contributed by atoms with Crippen molar-refractivity contribution in [1.82, 2.24) is 0 Å². The molecule has 0 aromatic carbocycles. The van der Waals surface area contributed by atoms with Gasteiger partial charge in [-0.25, -0.2) is 0 Å². The lowest BCUT2D eigenvalue weighted by Gasteiger charge is -2.09. The van der Waals surface area contributed by atoms with E-state index in [0.717, 1.165) is 0 Å². The maximum Gasteiger partial charge on any atom is 0.184 e. The Morgan fingerprint density at radius 2 is 1.70 bits per heavy atom. The summed E-state index contributed by atoms with van der Waals surface area (Å²) in [6, 6.07) is 0. The van der Waals surface area contributed by atoms with E-state index in [1.165, 1.54) is 0 Å². The van der Waals surface area contributed by atoms with Gasteiger partial charge in [-0.1, -0.05) is 0 Å². The summed E-state index contributed by atoms with van der Waals surface area (Å²) in [5.74, 6) is 0. The number of ether oxygens (including phenoxy) is 1. The molecule has 1 saturated heterocycles. The minimum Gasteiger partial charge on any atom is -0.394 e. The Morgan fingerprint density at radius 1 is 1.10 bits per heavy atom. The first-order valence-electron chi connectivity index (χ1n) is 2.97. The number of aliphatic hydroxyl groups excluding tert-OH is 4. The van der Waals surface area contributed by atoms with Crippen LogP contribution in [0.3, 0.4) is 0 Å². The highest BCUT2D eigenvalue weighted by atomic mass is 16.6. The molecule has 0 aliphatic carbocycles. The Bertz CT molecular complexity index is 117. The van der Waals surface area contributed by atoms with Crippen molar-refractivity contribution in [2.45, 2.75) is 24.6 Å². The van der Waals surface area contributed by atoms with Gasteiger partial charge in [0.15, 0.2) is 6.29 Å². The predicted octanol–water partition coefficient (Wildman–Crippen LogP) is -2.58. The summed E-state index contributed by atoms with van der Waals surface area (Å²) in [5.41, 5.74) is 0. The van der Waals surface area contributed by atoms with Crippen molar-refractivity contribution < 1.29 is 25.2 Å². The van der Waals surface area contributed by atoms with Gasteiger partial charge in [-0.05, 0) is 0 Å². The van der Waals surface area contributed by atoms with E-state index < -0.39 is 31.2 Å². The summed E-state index contributed by atoms with van der Waals surface area (Å²) in [7, 11) is 0. The molecular formula is C5H10O5. The normalized spacial score (nSPS) is 48.0. The lowest BCUT2D eigenvalue weighted by Crippen LogP contribution is -2.33. The summed E-state index contributed by atoms with van der Waals surface area (Å²) in [5, 5.41) is 35.0. The molecule has 4 atom stereocenters. The van der Waals surface area contributed by atoms with Crippen LogP contribution in [0, 0.1) is 0 Å². The van der Waals surface area contributed by atoms with Crippen LogP contribution in [0.25, 0.3) is 0 Å². The zero-order valence-corrected chi connectivity index (χ0v) is 5.21. The number of hydrogen-bond donors (Lipinski definition) is 4. The largest absolute Gasteiger partial charge is 0.394 e. The highest BCUT2D eigenvalue weighted by molar-refractivity contribution is 4.84. The first-order valence-corrected chi connectivity index (χ1v) is 2.97. The minimum atomic E-state index is -1.38. The van der Waals surface area contributed by atoms with Crippen molar-refractivity contribution in [2.24, 2.45) is 0 Å². The van der Waals surface area contributed by atoms with Crippen molar-refractivity contribution in [3.05, 3.63) is 0 Å². The molecule has 1 aliphatic rings. The Kier molecular flexibility index (Phi) is 2.22. The quantitative estimate of drug-likeness (QED) is 0.329. The van der Waals surface area contributed by atoms with E-state index >= 15 is 0 Å². The molecule has 0 amide bonds. The standard InChI is InChI=1S/C5H10O5/c6-1-2-3(7)4(8)5(9)10-2/h2-9H,1H2/t2-,3?,4?,5+/m1/s1. The van der Waals surface area contributed by atoms with E-state index in [2.05, 4.69) is 4.74 Å². The molecule has 0 saturated carbocycles. The molecule has 1 heterocycles. The Morgan fingerprint density at radius 3 is 1.90 bits per heavy atom. The van der Waals surface area contributed by atoms with E-state index in [0.29, 0.717) is 0 Å². The van der Waals surface area contributed by atoms with Gasteiger partial charge in [-0.15, -0.1) is 0 Å². The second-order valence-electron chi connectivity index (χ2n) is 2.23. The second-order valence-corrected chi connectivity index (χ2v) is 2.23. The molecule has 10 heavy (non-hydrogen) atoms. The van der Waals surface area contributed by atoms with Crippen molar-refractivity contribution in [3.63, 3.8) is 0 Å². The first-order chi connectivity index (χ1) is 4.66. The molecule has 0 bridgehead atoms. The molecule has 1 rings (SSSR count). The van der Waals surface area contributed by atoms with Crippen molar-refractivity contribution in [1.29, 1.82) is 0 Å². The van der Waals surface area contributed by atoms with Crippen LogP contribution in [-0.2, 0) is 4.74 Å². The summed E-state index contributed by atoms with van der Waals surface area (Å²) < 4.78 is 4.54. The summed E-state index contributed by atoms with van der Waals surface area (Å²) in [6.07, 6.45) is -4.76. The molecular weight excluding hydrogens is 140 g/mol. The van der Waals surface area contributed by atoms with Crippen LogP contribution < -0.4 is 0 Å². The molecule has 2 unspecified atom stereocenters. The predicted molar refractivity (Wildman–Crippen MR) is 30.0 cm³/mol. The van der Waals surface area contributed by atoms with Gasteiger partial charge in [-0.3, -0.25) is 0 Å². The van der Waals surface area contributed by atoms with Gasteiger partial charge in [0.25, 0.3) is 0 Å². The average Bonchev–Trinajstić information content (AvgIpc) is 2.17. The van der Waals surface area contributed by atoms with Crippen LogP contribution in [0.5, 0.6) is 0 Å². The Balaban J connectivity index is 2.53. The third-order valence-electron chi connectivity index (χ3n) is 1.52. The van der Waals surface area contributed by atoms with Gasteiger partial charge in [0.2, 0.25) is 0 Å². The summed E-state index contributed by atoms with van der Waals surface area (Å²) >= 11 is 0. The van der Waals surface area contributed by atoms with Crippen LogP contribution in [0.15, 0.2) is 0 Å². The third-order valence-corrected chi connectivity index (χ3v) is 1.52. The number of aliphatic hydroxyl groups is 4. The lowest BCUT2D eigenvalue weighted by atomic mass is 10.1. The monoisotopic (exact) mass is 150 g/mol. The molecule has 0 radical (unpaired) electrons. The molecule has 1 fully saturated rings. The molecule has 4 N–H and O–H groups in total. The topological polar surface area (TPSA) is 90.2 Å². The highest BCUT2D eigenvalue weighted by Gasteiger charge is 2.41. The van der Waals surface area contributed by atoms with Crippen LogP contribution in [0.2, 0.25) is 0 Å². The highest BCUT2D eigenvalue weighted by Crippen LogP contribution is 2.18. The lowest BCUT2D eigenvalue weighted by molar-refractivity contribution is -0.132. The molecule has 60 valence electrons. The van der Waals surface area contributed by atoms with Crippen molar-refractivity contribution in [3.8, 4) is 0 Å². The van der Waals surface area contributed by atoms with Gasteiger partial charge < -0.3 is 25.2 Å². The van der Waals surface area contributed by atoms with E-state index in [9.17, 15) is 0 Å². The van der Waals surface area contributed by atoms with E-state index in [4.69, 9.17) is 20.4 Å². The van der Waals surface area contributed by atoms with E-state index in [1.54, 1.807) is 0 Å². The molecule has 1 aliphatic heterocycles. The average molecular weight is 150 g/mol. The minimum absolute atomic E-state index is 0.407. The maximum atomic E-state index is 8.93. The van der Waals surface area contributed by atoms with E-state index in [-0.39, 0.29) is 0 Å². The molecule has 0 aromatic heterocycles. The fraction of sp³-hybridized carbons (Fsp3) is 1.00. The third kappa shape index (κ3) is 1.14. The molecule has 5 heteroatoms. The summed E-state index contributed by atoms with van der Waals surface area (Å²) in [4.78, 5) is 0. The second kappa shape index (κ2) is 2.81. The van der Waals surface area contributed by atoms with Crippen LogP contribution in [0.1, 0.15) is 0 Å². The molecule has 0 aromatic rings. The number of rotatable bonds is 1. The first kappa shape index (κ1) is 7.90. The van der Waals surface area contributed by atoms with Crippen molar-refractivity contribution >= 4 is 0 Å². The van der Waals surface area contributed by atoms with Gasteiger partial charge >= 0.3 is 0 Å². The smallest absolute Gasteiger partial charge is 0.184 e. The molecule has 0 spiro atoms.